The summed E-state index contributed by atoms with van der Waals surface area (Å²) in [4.78, 5) is 27.5. The average molecular weight is 431 g/mol. The van der Waals surface area contributed by atoms with Crippen LogP contribution in [-0.4, -0.2) is 62.2 Å². The van der Waals surface area contributed by atoms with Crippen LogP contribution in [0.1, 0.15) is 52.3 Å². The maximum atomic E-state index is 12.6. The van der Waals surface area contributed by atoms with Crippen LogP contribution in [0, 0.1) is 13.8 Å². The Morgan fingerprint density at radius 3 is 3.00 bits per heavy atom. The van der Waals surface area contributed by atoms with Crippen molar-refractivity contribution in [2.45, 2.75) is 57.9 Å². The molecule has 30 heavy (non-hydrogen) atoms. The fraction of sp³-hybridized carbons (Fsp3) is 0.619. The number of carbonyl (C=O) groups is 1. The molecule has 0 saturated carbocycles. The van der Waals surface area contributed by atoms with Gasteiger partial charge in [-0.3, -0.25) is 19.6 Å². The van der Waals surface area contributed by atoms with E-state index < -0.39 is 0 Å². The third-order valence-electron chi connectivity index (χ3n) is 6.11. The van der Waals surface area contributed by atoms with Crippen LogP contribution < -0.4 is 10.9 Å². The molecule has 0 aliphatic carbocycles. The maximum absolute atomic E-state index is 12.6. The Morgan fingerprint density at radius 2 is 2.20 bits per heavy atom. The molecule has 2 aliphatic rings. The standard InChI is InChI=1S/C21H30N6O2S/c1-14-20(15(2)24-23-14)21(29)22-12-17-5-3-4-7-26(17)8-9-27-19(28)11-16-13-30-10-6-18(16)25-27/h11,17H,3-10,12-13H2,1-2H3,(H,22,29)(H,23,24). The zero-order valence-corrected chi connectivity index (χ0v) is 18.6. The number of aryl methyl sites for hydroxylation is 3. The molecule has 2 aromatic rings. The van der Waals surface area contributed by atoms with Gasteiger partial charge in [0.25, 0.3) is 11.5 Å². The molecule has 0 radical (unpaired) electrons. The van der Waals surface area contributed by atoms with Gasteiger partial charge in [-0.05, 0) is 44.6 Å². The van der Waals surface area contributed by atoms with E-state index in [2.05, 4.69) is 25.5 Å². The third kappa shape index (κ3) is 4.62. The summed E-state index contributed by atoms with van der Waals surface area (Å²) in [5, 5.41) is 14.7. The summed E-state index contributed by atoms with van der Waals surface area (Å²) < 4.78 is 1.62. The van der Waals surface area contributed by atoms with Crippen molar-refractivity contribution in [2.24, 2.45) is 0 Å². The number of H-pyrrole nitrogens is 1. The van der Waals surface area contributed by atoms with Crippen LogP contribution >= 0.6 is 11.8 Å². The van der Waals surface area contributed by atoms with Crippen molar-refractivity contribution in [3.8, 4) is 0 Å². The zero-order valence-electron chi connectivity index (χ0n) is 17.7. The van der Waals surface area contributed by atoms with Gasteiger partial charge in [0.1, 0.15) is 0 Å². The normalized spacial score (nSPS) is 19.5. The minimum absolute atomic E-state index is 0.0102. The van der Waals surface area contributed by atoms with Crippen molar-refractivity contribution >= 4 is 17.7 Å². The van der Waals surface area contributed by atoms with Crippen LogP contribution in [0.25, 0.3) is 0 Å². The van der Waals surface area contributed by atoms with Gasteiger partial charge in [-0.2, -0.15) is 22.0 Å². The molecule has 1 unspecified atom stereocenters. The molecule has 1 amide bonds. The van der Waals surface area contributed by atoms with Gasteiger partial charge in [0, 0.05) is 43.1 Å². The lowest BCUT2D eigenvalue weighted by atomic mass is 10.0. The monoisotopic (exact) mass is 430 g/mol. The second kappa shape index (κ2) is 9.34. The summed E-state index contributed by atoms with van der Waals surface area (Å²) in [5.74, 6) is 1.89. The fourth-order valence-electron chi connectivity index (χ4n) is 4.41. The first-order valence-electron chi connectivity index (χ1n) is 10.7. The Bertz CT molecular complexity index is 949. The third-order valence-corrected chi connectivity index (χ3v) is 7.11. The molecule has 4 heterocycles. The van der Waals surface area contributed by atoms with Gasteiger partial charge in [0.05, 0.1) is 23.5 Å². The average Bonchev–Trinajstić information content (AvgIpc) is 3.09. The molecular formula is C21H30N6O2S. The highest BCUT2D eigenvalue weighted by molar-refractivity contribution is 7.98. The number of nitrogens with one attached hydrogen (secondary N) is 2. The smallest absolute Gasteiger partial charge is 0.267 e. The SMILES string of the molecule is Cc1n[nH]c(C)c1C(=O)NCC1CCCCN1CCn1nc2c(cc1=O)CSCC2. The van der Waals surface area contributed by atoms with Gasteiger partial charge in [-0.1, -0.05) is 6.42 Å². The van der Waals surface area contributed by atoms with Gasteiger partial charge in [0.15, 0.2) is 0 Å². The lowest BCUT2D eigenvalue weighted by Gasteiger charge is -2.35. The number of thioether (sulfide) groups is 1. The Kier molecular flexibility index (Phi) is 6.58. The molecule has 0 spiro atoms. The van der Waals surface area contributed by atoms with Crippen molar-refractivity contribution in [1.82, 2.24) is 30.2 Å². The number of amides is 1. The molecular weight excluding hydrogens is 400 g/mol. The molecule has 162 valence electrons. The number of aromatic amines is 1. The molecule has 9 heteroatoms. The van der Waals surface area contributed by atoms with Gasteiger partial charge in [-0.25, -0.2) is 4.68 Å². The van der Waals surface area contributed by atoms with Crippen LogP contribution in [-0.2, 0) is 18.7 Å². The van der Waals surface area contributed by atoms with E-state index in [1.807, 2.05) is 25.6 Å². The molecule has 2 N–H and O–H groups in total. The van der Waals surface area contributed by atoms with E-state index in [1.165, 1.54) is 0 Å². The molecule has 1 saturated heterocycles. The number of carbonyl (C=O) groups excluding carboxylic acids is 1. The molecule has 0 aromatic carbocycles. The first kappa shape index (κ1) is 21.1. The van der Waals surface area contributed by atoms with Crippen molar-refractivity contribution in [3.63, 3.8) is 0 Å². The molecule has 8 nitrogen and oxygen atoms in total. The van der Waals surface area contributed by atoms with Crippen LogP contribution in [0.4, 0.5) is 0 Å². The van der Waals surface area contributed by atoms with E-state index in [1.54, 1.807) is 10.7 Å². The Morgan fingerprint density at radius 1 is 1.33 bits per heavy atom. The quantitative estimate of drug-likeness (QED) is 0.724. The molecule has 1 atom stereocenters. The number of piperidine rings is 1. The summed E-state index contributed by atoms with van der Waals surface area (Å²) >= 11 is 1.86. The van der Waals surface area contributed by atoms with Gasteiger partial charge in [0.2, 0.25) is 0 Å². The topological polar surface area (TPSA) is 95.9 Å². The Labute approximate surface area is 180 Å². The van der Waals surface area contributed by atoms with Crippen molar-refractivity contribution in [3.05, 3.63) is 44.6 Å². The predicted octanol–water partition coefficient (Wildman–Crippen LogP) is 1.66. The largest absolute Gasteiger partial charge is 0.350 e. The maximum Gasteiger partial charge on any atom is 0.267 e. The molecule has 0 bridgehead atoms. The molecule has 2 aliphatic heterocycles. The van der Waals surface area contributed by atoms with Gasteiger partial charge < -0.3 is 5.32 Å². The van der Waals surface area contributed by atoms with Crippen LogP contribution in [0.5, 0.6) is 0 Å². The zero-order chi connectivity index (χ0) is 21.1. The number of hydrogen-bond acceptors (Lipinski definition) is 6. The van der Waals surface area contributed by atoms with Crippen LogP contribution in [0.15, 0.2) is 10.9 Å². The predicted molar refractivity (Wildman–Crippen MR) is 118 cm³/mol. The summed E-state index contributed by atoms with van der Waals surface area (Å²) in [7, 11) is 0. The van der Waals surface area contributed by atoms with E-state index >= 15 is 0 Å². The number of nitrogens with zero attached hydrogens (tertiary/aromatic N) is 4. The summed E-state index contributed by atoms with van der Waals surface area (Å²) in [6.07, 6.45) is 4.29. The van der Waals surface area contributed by atoms with E-state index in [0.717, 1.165) is 72.9 Å². The number of fused-ring (bicyclic) bond motifs is 1. The minimum atomic E-state index is -0.0743. The molecule has 1 fully saturated rings. The second-order valence-electron chi connectivity index (χ2n) is 8.18. The van der Waals surface area contributed by atoms with Crippen molar-refractivity contribution in [2.75, 3.05) is 25.4 Å². The highest BCUT2D eigenvalue weighted by atomic mass is 32.2. The summed E-state index contributed by atoms with van der Waals surface area (Å²) in [6, 6.07) is 2.04. The van der Waals surface area contributed by atoms with E-state index in [-0.39, 0.29) is 17.5 Å². The fourth-order valence-corrected chi connectivity index (χ4v) is 5.36. The Balaban J connectivity index is 1.37. The number of rotatable bonds is 6. The lowest BCUT2D eigenvalue weighted by molar-refractivity contribution is 0.0908. The number of aromatic nitrogens is 4. The first-order chi connectivity index (χ1) is 14.5. The lowest BCUT2D eigenvalue weighted by Crippen LogP contribution is -2.48. The molecule has 4 rings (SSSR count). The summed E-state index contributed by atoms with van der Waals surface area (Å²) in [6.45, 7) is 6.65. The van der Waals surface area contributed by atoms with E-state index in [0.29, 0.717) is 18.7 Å². The Hall–Kier alpha value is -2.13. The van der Waals surface area contributed by atoms with Crippen molar-refractivity contribution in [1.29, 1.82) is 0 Å². The highest BCUT2D eigenvalue weighted by Crippen LogP contribution is 2.21. The number of hydrogen-bond donors (Lipinski definition) is 2. The van der Waals surface area contributed by atoms with Crippen LogP contribution in [0.3, 0.4) is 0 Å². The van der Waals surface area contributed by atoms with E-state index in [4.69, 9.17) is 0 Å². The van der Waals surface area contributed by atoms with Gasteiger partial charge >= 0.3 is 0 Å². The summed E-state index contributed by atoms with van der Waals surface area (Å²) in [5.41, 5.74) is 4.31. The van der Waals surface area contributed by atoms with E-state index in [9.17, 15) is 9.59 Å². The highest BCUT2D eigenvalue weighted by Gasteiger charge is 2.24. The first-order valence-corrected chi connectivity index (χ1v) is 11.9. The van der Waals surface area contributed by atoms with Crippen LogP contribution in [0.2, 0.25) is 0 Å². The molecule has 2 aromatic heterocycles. The minimum Gasteiger partial charge on any atom is -0.350 e. The van der Waals surface area contributed by atoms with Crippen molar-refractivity contribution < 1.29 is 4.79 Å². The number of likely N-dealkylation sites (tertiary alicyclic amines) is 1. The van der Waals surface area contributed by atoms with Gasteiger partial charge in [-0.15, -0.1) is 0 Å². The second-order valence-corrected chi connectivity index (χ2v) is 9.29.